The molecule has 0 spiro atoms. The molecular formula is C25H33FN4O6S. The zero-order valence-electron chi connectivity index (χ0n) is 20.7. The molecule has 1 fully saturated rings. The fourth-order valence-electron chi connectivity index (χ4n) is 4.24. The number of carboxylic acids is 1. The average Bonchev–Trinajstić information content (AvgIpc) is 2.88. The molecule has 0 aromatic heterocycles. The lowest BCUT2D eigenvalue weighted by Gasteiger charge is -2.49. The van der Waals surface area contributed by atoms with Crippen LogP contribution in [0.1, 0.15) is 43.4 Å². The highest BCUT2D eigenvalue weighted by atomic mass is 32.2. The number of alkyl halides is 1. The van der Waals surface area contributed by atoms with Crippen molar-refractivity contribution in [1.82, 2.24) is 15.5 Å². The van der Waals surface area contributed by atoms with E-state index in [1.54, 1.807) is 24.3 Å². The van der Waals surface area contributed by atoms with Crippen molar-refractivity contribution in [2.75, 3.05) is 32.1 Å². The number of benzene rings is 1. The molecule has 0 bridgehead atoms. The van der Waals surface area contributed by atoms with Crippen LogP contribution in [0.4, 0.5) is 4.39 Å². The van der Waals surface area contributed by atoms with Crippen molar-refractivity contribution in [1.29, 1.82) is 0 Å². The fourth-order valence-corrected chi connectivity index (χ4v) is 5.57. The van der Waals surface area contributed by atoms with Gasteiger partial charge in [-0.1, -0.05) is 30.7 Å². The number of nitrogens with one attached hydrogen (secondary N) is 2. The second-order valence-corrected chi connectivity index (χ2v) is 10.0. The van der Waals surface area contributed by atoms with E-state index < -0.39 is 42.0 Å². The third kappa shape index (κ3) is 7.30. The molecule has 1 saturated heterocycles. The monoisotopic (exact) mass is 536 g/mol. The largest absolute Gasteiger partial charge is 0.477 e. The minimum atomic E-state index is -1.29. The summed E-state index contributed by atoms with van der Waals surface area (Å²) in [4.78, 5) is 49.4. The van der Waals surface area contributed by atoms with Crippen LogP contribution in [0.3, 0.4) is 0 Å². The fraction of sp³-hybridized carbons (Fsp3) is 0.520. The molecule has 12 heteroatoms. The van der Waals surface area contributed by atoms with Crippen LogP contribution in [-0.4, -0.2) is 77.3 Å². The molecule has 3 atom stereocenters. The number of fused-ring (bicyclic) bond motifs is 1. The van der Waals surface area contributed by atoms with Crippen LogP contribution in [-0.2, 0) is 30.3 Å². The summed E-state index contributed by atoms with van der Waals surface area (Å²) in [6.07, 6.45) is 2.87. The third-order valence-corrected chi connectivity index (χ3v) is 7.53. The normalized spacial score (nSPS) is 19.6. The van der Waals surface area contributed by atoms with Crippen LogP contribution in [0.2, 0.25) is 0 Å². The maximum absolute atomic E-state index is 13.5. The van der Waals surface area contributed by atoms with Crippen molar-refractivity contribution in [2.45, 2.75) is 50.1 Å². The van der Waals surface area contributed by atoms with Gasteiger partial charge in [-0.2, -0.15) is 0 Å². The Morgan fingerprint density at radius 2 is 1.97 bits per heavy atom. The van der Waals surface area contributed by atoms with Crippen LogP contribution < -0.4 is 16.4 Å². The number of ether oxygens (including phenoxy) is 1. The lowest BCUT2D eigenvalue weighted by Crippen LogP contribution is -2.70. The Kier molecular flexibility index (Phi) is 10.5. The van der Waals surface area contributed by atoms with Crippen LogP contribution in [0.25, 0.3) is 0 Å². The van der Waals surface area contributed by atoms with Crippen LogP contribution in [0.15, 0.2) is 35.5 Å². The highest BCUT2D eigenvalue weighted by molar-refractivity contribution is 8.00. The molecule has 202 valence electrons. The summed E-state index contributed by atoms with van der Waals surface area (Å²) in [5.41, 5.74) is 7.10. The highest BCUT2D eigenvalue weighted by Gasteiger charge is 2.54. The molecular weight excluding hydrogens is 503 g/mol. The van der Waals surface area contributed by atoms with E-state index in [9.17, 15) is 28.7 Å². The Morgan fingerprint density at radius 1 is 1.24 bits per heavy atom. The number of nitrogens with zero attached hydrogens (tertiary/aromatic N) is 1. The maximum atomic E-state index is 13.5. The zero-order valence-corrected chi connectivity index (χ0v) is 21.5. The lowest BCUT2D eigenvalue weighted by atomic mass is 10.0. The number of nitrogens with two attached hydrogens (primary N) is 1. The van der Waals surface area contributed by atoms with Crippen molar-refractivity contribution in [3.63, 3.8) is 0 Å². The van der Waals surface area contributed by atoms with E-state index in [-0.39, 0.29) is 30.4 Å². The van der Waals surface area contributed by atoms with E-state index in [0.717, 1.165) is 29.7 Å². The molecule has 3 rings (SSSR count). The summed E-state index contributed by atoms with van der Waals surface area (Å²) < 4.78 is 18.4. The number of esters is 1. The zero-order chi connectivity index (χ0) is 26.9. The first-order chi connectivity index (χ1) is 17.8. The second-order valence-electron chi connectivity index (χ2n) is 8.92. The highest BCUT2D eigenvalue weighted by Crippen LogP contribution is 2.40. The van der Waals surface area contributed by atoms with Crippen molar-refractivity contribution >= 4 is 35.5 Å². The summed E-state index contributed by atoms with van der Waals surface area (Å²) in [7, 11) is 0. The van der Waals surface area contributed by atoms with Gasteiger partial charge in [-0.05, 0) is 37.1 Å². The Hall–Kier alpha value is -2.96. The number of halogens is 1. The van der Waals surface area contributed by atoms with Crippen molar-refractivity contribution in [3.05, 3.63) is 46.7 Å². The van der Waals surface area contributed by atoms with E-state index in [1.165, 1.54) is 18.7 Å². The topological polar surface area (TPSA) is 151 Å². The van der Waals surface area contributed by atoms with Gasteiger partial charge in [0.1, 0.15) is 30.4 Å². The third-order valence-electron chi connectivity index (χ3n) is 6.19. The van der Waals surface area contributed by atoms with Crippen LogP contribution >= 0.6 is 11.8 Å². The quantitative estimate of drug-likeness (QED) is 0.156. The Balaban J connectivity index is 1.54. The maximum Gasteiger partial charge on any atom is 0.352 e. The number of hydrogen-bond donors (Lipinski definition) is 4. The number of hydrogen-bond acceptors (Lipinski definition) is 8. The first-order valence-electron chi connectivity index (χ1n) is 12.2. The Morgan fingerprint density at radius 3 is 2.59 bits per heavy atom. The van der Waals surface area contributed by atoms with Crippen LogP contribution in [0, 0.1) is 0 Å². The minimum absolute atomic E-state index is 0.0214. The van der Waals surface area contributed by atoms with Gasteiger partial charge in [-0.3, -0.25) is 19.3 Å². The number of carboxylic acid groups (broad SMARTS) is 1. The summed E-state index contributed by atoms with van der Waals surface area (Å²) >= 11 is 1.30. The van der Waals surface area contributed by atoms with Crippen molar-refractivity contribution in [3.8, 4) is 0 Å². The molecule has 1 aromatic carbocycles. The molecule has 2 amide bonds. The molecule has 0 saturated carbocycles. The molecule has 2 aliphatic heterocycles. The van der Waals surface area contributed by atoms with Gasteiger partial charge in [0.05, 0.1) is 12.5 Å². The molecule has 1 aromatic rings. The number of unbranched alkanes of at least 4 members (excludes halogenated alkanes) is 2. The molecule has 0 aliphatic carbocycles. The molecule has 3 unspecified atom stereocenters. The van der Waals surface area contributed by atoms with Crippen molar-refractivity contribution < 1.29 is 33.4 Å². The Labute approximate surface area is 219 Å². The average molecular weight is 537 g/mol. The van der Waals surface area contributed by atoms with Gasteiger partial charge in [0.15, 0.2) is 0 Å². The second kappa shape index (κ2) is 13.5. The number of aliphatic carboxylic acids is 1. The smallest absolute Gasteiger partial charge is 0.352 e. The van der Waals surface area contributed by atoms with E-state index in [1.807, 2.05) is 0 Å². The van der Waals surface area contributed by atoms with Gasteiger partial charge < -0.3 is 26.2 Å². The van der Waals surface area contributed by atoms with E-state index >= 15 is 0 Å². The van der Waals surface area contributed by atoms with Gasteiger partial charge >= 0.3 is 11.9 Å². The summed E-state index contributed by atoms with van der Waals surface area (Å²) in [5.74, 6) is -2.48. The van der Waals surface area contributed by atoms with E-state index in [0.29, 0.717) is 24.2 Å². The van der Waals surface area contributed by atoms with Gasteiger partial charge in [0.2, 0.25) is 5.91 Å². The summed E-state index contributed by atoms with van der Waals surface area (Å²) in [6, 6.07) is 5.80. The molecule has 10 nitrogen and oxygen atoms in total. The number of rotatable bonds is 14. The van der Waals surface area contributed by atoms with Crippen molar-refractivity contribution in [2.24, 2.45) is 5.73 Å². The molecule has 37 heavy (non-hydrogen) atoms. The van der Waals surface area contributed by atoms with Gasteiger partial charge in [-0.15, -0.1) is 11.8 Å². The standard InChI is InChI=1S/C25H33FN4O6S/c1-15(31)36-13-18-14-37-24-21(23(33)30(24)22(18)25(34)35)29-20(32)11-16-5-7-17(8-6-16)19(12-26)28-10-4-2-3-9-27/h5-8,19,21,24,28H,2-4,9-14,27H2,1H3,(H,29,32)(H,34,35). The predicted molar refractivity (Wildman–Crippen MR) is 136 cm³/mol. The first-order valence-corrected chi connectivity index (χ1v) is 13.2. The molecule has 2 aliphatic rings. The van der Waals surface area contributed by atoms with Gasteiger partial charge in [0.25, 0.3) is 5.91 Å². The van der Waals surface area contributed by atoms with Crippen LogP contribution in [0.5, 0.6) is 0 Å². The number of β-lactam (4-membered cyclic amide) rings is 1. The predicted octanol–water partition coefficient (Wildman–Crippen LogP) is 1.26. The summed E-state index contributed by atoms with van der Waals surface area (Å²) in [6.45, 7) is 1.80. The first kappa shape index (κ1) is 28.6. The number of carbonyl (C=O) groups is 4. The van der Waals surface area contributed by atoms with E-state index in [2.05, 4.69) is 10.6 Å². The number of thioether (sulfide) groups is 1. The molecule has 0 radical (unpaired) electrons. The van der Waals surface area contributed by atoms with E-state index in [4.69, 9.17) is 10.5 Å². The summed E-state index contributed by atoms with van der Waals surface area (Å²) in [5, 5.41) is 15.0. The Bertz CT molecular complexity index is 1030. The minimum Gasteiger partial charge on any atom is -0.477 e. The molecule has 5 N–H and O–H groups in total. The SMILES string of the molecule is CC(=O)OCC1=C(C(=O)O)N2C(=O)C(NC(=O)Cc3ccc(C(CF)NCCCCCN)cc3)C2SC1. The van der Waals surface area contributed by atoms with Gasteiger partial charge in [-0.25, -0.2) is 9.18 Å². The van der Waals surface area contributed by atoms with Gasteiger partial charge in [0, 0.05) is 18.2 Å². The number of amides is 2. The lowest BCUT2D eigenvalue weighted by molar-refractivity contribution is -0.151. The number of carbonyl (C=O) groups excluding carboxylic acids is 3. The molecule has 2 heterocycles.